The predicted molar refractivity (Wildman–Crippen MR) is 91.8 cm³/mol. The molecule has 1 aromatic rings. The van der Waals surface area contributed by atoms with Gasteiger partial charge in [-0.3, -0.25) is 0 Å². The van der Waals surface area contributed by atoms with Crippen LogP contribution in [0.2, 0.25) is 0 Å². The molecule has 1 aliphatic heterocycles. The zero-order chi connectivity index (χ0) is 15.6. The van der Waals surface area contributed by atoms with Gasteiger partial charge in [0, 0.05) is 25.7 Å². The van der Waals surface area contributed by atoms with Gasteiger partial charge in [-0.2, -0.15) is 0 Å². The second kappa shape index (κ2) is 6.93. The van der Waals surface area contributed by atoms with Crippen LogP contribution in [0.5, 0.6) is 0 Å². The summed E-state index contributed by atoms with van der Waals surface area (Å²) in [5.41, 5.74) is 5.74. The first-order chi connectivity index (χ1) is 9.92. The van der Waals surface area contributed by atoms with Crippen molar-refractivity contribution < 1.29 is 0 Å². The maximum absolute atomic E-state index is 3.71. The van der Waals surface area contributed by atoms with E-state index in [1.807, 2.05) is 0 Å². The SMILES string of the molecule is CCNC(CN1CC(C)C(C)C1)c1c(C)cc(C)cc1C. The molecule has 0 aliphatic carbocycles. The van der Waals surface area contributed by atoms with E-state index in [1.165, 1.54) is 35.3 Å². The van der Waals surface area contributed by atoms with E-state index in [4.69, 9.17) is 0 Å². The number of nitrogens with one attached hydrogen (secondary N) is 1. The zero-order valence-corrected chi connectivity index (χ0v) is 14.7. The smallest absolute Gasteiger partial charge is 0.0454 e. The Kier molecular flexibility index (Phi) is 5.45. The van der Waals surface area contributed by atoms with E-state index < -0.39 is 0 Å². The summed E-state index contributed by atoms with van der Waals surface area (Å²) in [5, 5.41) is 3.71. The molecule has 1 saturated heterocycles. The third kappa shape index (κ3) is 3.87. The second-order valence-electron chi connectivity index (χ2n) is 7.10. The number of benzene rings is 1. The zero-order valence-electron chi connectivity index (χ0n) is 14.7. The largest absolute Gasteiger partial charge is 0.309 e. The summed E-state index contributed by atoms with van der Waals surface area (Å²) in [4.78, 5) is 2.64. The van der Waals surface area contributed by atoms with Gasteiger partial charge < -0.3 is 10.2 Å². The Morgan fingerprint density at radius 2 is 1.62 bits per heavy atom. The van der Waals surface area contributed by atoms with E-state index >= 15 is 0 Å². The number of hydrogen-bond donors (Lipinski definition) is 1. The number of likely N-dealkylation sites (tertiary alicyclic amines) is 1. The third-order valence-electron chi connectivity index (χ3n) is 5.04. The summed E-state index contributed by atoms with van der Waals surface area (Å²) in [6, 6.07) is 5.09. The molecule has 1 aromatic carbocycles. The first kappa shape index (κ1) is 16.5. The fraction of sp³-hybridized carbons (Fsp3) is 0.684. The van der Waals surface area contributed by atoms with Crippen LogP contribution in [0.15, 0.2) is 12.1 Å². The molecule has 3 atom stereocenters. The van der Waals surface area contributed by atoms with Crippen molar-refractivity contribution in [2.24, 2.45) is 11.8 Å². The number of nitrogens with zero attached hydrogens (tertiary/aromatic N) is 1. The van der Waals surface area contributed by atoms with Crippen molar-refractivity contribution in [1.82, 2.24) is 10.2 Å². The summed E-state index contributed by atoms with van der Waals surface area (Å²) >= 11 is 0. The minimum absolute atomic E-state index is 0.452. The van der Waals surface area contributed by atoms with Gasteiger partial charge in [0.1, 0.15) is 0 Å². The molecule has 0 aromatic heterocycles. The van der Waals surface area contributed by atoms with Crippen LogP contribution in [0.25, 0.3) is 0 Å². The molecule has 1 N–H and O–H groups in total. The number of likely N-dealkylation sites (N-methyl/N-ethyl adjacent to an activating group) is 1. The van der Waals surface area contributed by atoms with Gasteiger partial charge in [0.25, 0.3) is 0 Å². The van der Waals surface area contributed by atoms with Crippen LogP contribution in [0.1, 0.15) is 49.1 Å². The monoisotopic (exact) mass is 288 g/mol. The second-order valence-corrected chi connectivity index (χ2v) is 7.10. The Morgan fingerprint density at radius 3 is 2.10 bits per heavy atom. The van der Waals surface area contributed by atoms with E-state index in [0.717, 1.165) is 24.9 Å². The van der Waals surface area contributed by atoms with Gasteiger partial charge in [0.15, 0.2) is 0 Å². The van der Waals surface area contributed by atoms with Crippen LogP contribution in [-0.2, 0) is 0 Å². The summed E-state index contributed by atoms with van der Waals surface area (Å²) in [5.74, 6) is 1.65. The Bertz CT molecular complexity index is 447. The van der Waals surface area contributed by atoms with E-state index in [0.29, 0.717) is 6.04 Å². The van der Waals surface area contributed by atoms with E-state index in [-0.39, 0.29) is 0 Å². The van der Waals surface area contributed by atoms with Gasteiger partial charge in [-0.15, -0.1) is 0 Å². The van der Waals surface area contributed by atoms with E-state index in [1.54, 1.807) is 0 Å². The molecule has 0 spiro atoms. The number of aryl methyl sites for hydroxylation is 3. The van der Waals surface area contributed by atoms with Crippen molar-refractivity contribution in [2.45, 2.75) is 47.6 Å². The van der Waals surface area contributed by atoms with Gasteiger partial charge in [0.2, 0.25) is 0 Å². The van der Waals surface area contributed by atoms with Gasteiger partial charge in [-0.25, -0.2) is 0 Å². The van der Waals surface area contributed by atoms with E-state index in [2.05, 4.69) is 63.9 Å². The van der Waals surface area contributed by atoms with Crippen LogP contribution < -0.4 is 5.32 Å². The first-order valence-electron chi connectivity index (χ1n) is 8.45. The maximum atomic E-state index is 3.71. The molecular formula is C19H32N2. The van der Waals surface area contributed by atoms with Crippen LogP contribution in [-0.4, -0.2) is 31.1 Å². The minimum atomic E-state index is 0.452. The highest BCUT2D eigenvalue weighted by Gasteiger charge is 2.28. The molecule has 118 valence electrons. The molecule has 0 radical (unpaired) electrons. The molecule has 1 fully saturated rings. The van der Waals surface area contributed by atoms with Gasteiger partial charge in [-0.1, -0.05) is 38.5 Å². The summed E-state index contributed by atoms with van der Waals surface area (Å²) in [6.45, 7) is 18.3. The van der Waals surface area contributed by atoms with E-state index in [9.17, 15) is 0 Å². The molecule has 1 aliphatic rings. The topological polar surface area (TPSA) is 15.3 Å². The molecule has 2 rings (SSSR count). The Labute approximate surface area is 130 Å². The molecule has 0 amide bonds. The van der Waals surface area contributed by atoms with Crippen molar-refractivity contribution >= 4 is 0 Å². The highest BCUT2D eigenvalue weighted by Crippen LogP contribution is 2.28. The lowest BCUT2D eigenvalue weighted by Crippen LogP contribution is -2.35. The standard InChI is InChI=1S/C19H32N2/c1-7-20-18(12-21-10-16(5)17(6)11-21)19-14(3)8-13(2)9-15(19)4/h8-9,16-18,20H,7,10-12H2,1-6H3. The average molecular weight is 288 g/mol. The Morgan fingerprint density at radius 1 is 1.10 bits per heavy atom. The average Bonchev–Trinajstić information content (AvgIpc) is 2.67. The molecule has 2 nitrogen and oxygen atoms in total. The summed E-state index contributed by atoms with van der Waals surface area (Å²) in [6.07, 6.45) is 0. The quantitative estimate of drug-likeness (QED) is 0.885. The van der Waals surface area contributed by atoms with Gasteiger partial charge in [-0.05, 0) is 55.8 Å². The first-order valence-corrected chi connectivity index (χ1v) is 8.45. The molecular weight excluding hydrogens is 256 g/mol. The maximum Gasteiger partial charge on any atom is 0.0454 e. The molecule has 21 heavy (non-hydrogen) atoms. The normalized spacial score (nSPS) is 24.5. The minimum Gasteiger partial charge on any atom is -0.309 e. The highest BCUT2D eigenvalue weighted by atomic mass is 15.2. The predicted octanol–water partition coefficient (Wildman–Crippen LogP) is 3.85. The summed E-state index contributed by atoms with van der Waals surface area (Å²) in [7, 11) is 0. The molecule has 1 heterocycles. The van der Waals surface area contributed by atoms with Crippen LogP contribution in [0.4, 0.5) is 0 Å². The van der Waals surface area contributed by atoms with Gasteiger partial charge in [0.05, 0.1) is 0 Å². The van der Waals surface area contributed by atoms with Crippen molar-refractivity contribution in [3.05, 3.63) is 34.4 Å². The fourth-order valence-corrected chi connectivity index (χ4v) is 3.90. The lowest BCUT2D eigenvalue weighted by molar-refractivity contribution is 0.282. The third-order valence-corrected chi connectivity index (χ3v) is 5.04. The van der Waals surface area contributed by atoms with Crippen molar-refractivity contribution in [3.8, 4) is 0 Å². The fourth-order valence-electron chi connectivity index (χ4n) is 3.90. The molecule has 0 saturated carbocycles. The number of rotatable bonds is 5. The van der Waals surface area contributed by atoms with Crippen molar-refractivity contribution in [2.75, 3.05) is 26.2 Å². The molecule has 3 unspecified atom stereocenters. The molecule has 0 bridgehead atoms. The number of hydrogen-bond acceptors (Lipinski definition) is 2. The van der Waals surface area contributed by atoms with Crippen molar-refractivity contribution in [1.29, 1.82) is 0 Å². The lowest BCUT2D eigenvalue weighted by Gasteiger charge is -2.28. The van der Waals surface area contributed by atoms with Gasteiger partial charge >= 0.3 is 0 Å². The van der Waals surface area contributed by atoms with Crippen LogP contribution in [0, 0.1) is 32.6 Å². The Hall–Kier alpha value is -0.860. The van der Waals surface area contributed by atoms with Crippen LogP contribution in [0.3, 0.4) is 0 Å². The highest BCUT2D eigenvalue weighted by molar-refractivity contribution is 5.40. The van der Waals surface area contributed by atoms with Crippen LogP contribution >= 0.6 is 0 Å². The molecule has 2 heteroatoms. The van der Waals surface area contributed by atoms with Crippen molar-refractivity contribution in [3.63, 3.8) is 0 Å². The lowest BCUT2D eigenvalue weighted by atomic mass is 9.93. The Balaban J connectivity index is 2.20. The summed E-state index contributed by atoms with van der Waals surface area (Å²) < 4.78 is 0.